The molecule has 7 heteroatoms. The lowest BCUT2D eigenvalue weighted by Crippen LogP contribution is -2.69. The van der Waals surface area contributed by atoms with Crippen molar-refractivity contribution in [2.45, 2.75) is 25.0 Å². The molecule has 0 N–H and O–H groups in total. The maximum absolute atomic E-state index is 13.1. The average Bonchev–Trinajstić information content (AvgIpc) is 3.18. The third kappa shape index (κ3) is 3.70. The number of benzene rings is 2. The summed E-state index contributed by atoms with van der Waals surface area (Å²) in [4.78, 5) is 22.5. The van der Waals surface area contributed by atoms with Crippen LogP contribution in [0.5, 0.6) is 0 Å². The zero-order valence-corrected chi connectivity index (χ0v) is 19.4. The highest BCUT2D eigenvalue weighted by Gasteiger charge is 2.47. The number of piperazine rings is 1. The largest absolute Gasteiger partial charge is 0.330 e. The number of carbonyl (C=O) groups excluding carboxylic acids is 1. The Labute approximate surface area is 202 Å². The number of piperidine rings is 1. The number of aromatic nitrogens is 2. The summed E-state index contributed by atoms with van der Waals surface area (Å²) in [6.45, 7) is 2.47. The fourth-order valence-electron chi connectivity index (χ4n) is 5.18. The molecule has 5 nitrogen and oxygen atoms in total. The van der Waals surface area contributed by atoms with Gasteiger partial charge in [-0.1, -0.05) is 47.5 Å². The first-order chi connectivity index (χ1) is 16.1. The Bertz CT molecular complexity index is 1340. The molecule has 7 rings (SSSR count). The van der Waals surface area contributed by atoms with E-state index in [9.17, 15) is 4.79 Å². The van der Waals surface area contributed by atoms with Crippen molar-refractivity contribution in [1.82, 2.24) is 19.2 Å². The van der Waals surface area contributed by atoms with Gasteiger partial charge in [-0.2, -0.15) is 0 Å². The molecular formula is C26H22Cl2N4O. The predicted molar refractivity (Wildman–Crippen MR) is 131 cm³/mol. The minimum Gasteiger partial charge on any atom is -0.330 e. The summed E-state index contributed by atoms with van der Waals surface area (Å²) in [7, 11) is 0. The molecule has 0 aliphatic carbocycles. The van der Waals surface area contributed by atoms with Gasteiger partial charge in [0.1, 0.15) is 5.65 Å². The number of carbonyl (C=O) groups is 1. The van der Waals surface area contributed by atoms with Crippen molar-refractivity contribution in [3.63, 3.8) is 0 Å². The van der Waals surface area contributed by atoms with Crippen molar-refractivity contribution >= 4 is 34.8 Å². The lowest BCUT2D eigenvalue weighted by Gasteiger charge is -2.56. The molecule has 2 unspecified atom stereocenters. The van der Waals surface area contributed by atoms with Crippen molar-refractivity contribution in [3.05, 3.63) is 94.2 Å². The Balaban J connectivity index is 1.25. The Morgan fingerprint density at radius 3 is 2.48 bits per heavy atom. The molecule has 2 aromatic carbocycles. The third-order valence-electron chi connectivity index (χ3n) is 6.69. The second-order valence-electron chi connectivity index (χ2n) is 8.80. The van der Waals surface area contributed by atoms with Crippen LogP contribution < -0.4 is 0 Å². The number of hydrogen-bond acceptors (Lipinski definition) is 3. The summed E-state index contributed by atoms with van der Waals surface area (Å²) >= 11 is 12.2. The van der Waals surface area contributed by atoms with Gasteiger partial charge in [0.15, 0.2) is 0 Å². The molecule has 0 spiro atoms. The number of pyridine rings is 1. The smallest absolute Gasteiger partial charge is 0.254 e. The molecule has 2 atom stereocenters. The van der Waals surface area contributed by atoms with Gasteiger partial charge in [0, 0.05) is 59.1 Å². The van der Waals surface area contributed by atoms with Gasteiger partial charge in [0.25, 0.3) is 5.91 Å². The highest BCUT2D eigenvalue weighted by atomic mass is 35.5. The van der Waals surface area contributed by atoms with Crippen LogP contribution in [0.3, 0.4) is 0 Å². The van der Waals surface area contributed by atoms with Gasteiger partial charge in [-0.05, 0) is 48.9 Å². The first-order valence-electron chi connectivity index (χ1n) is 11.1. The van der Waals surface area contributed by atoms with Crippen LogP contribution in [0.1, 0.15) is 22.5 Å². The van der Waals surface area contributed by atoms with Crippen LogP contribution in [0.4, 0.5) is 0 Å². The van der Waals surface area contributed by atoms with Gasteiger partial charge in [0.05, 0.1) is 11.4 Å². The number of imidazole rings is 1. The predicted octanol–water partition coefficient (Wildman–Crippen LogP) is 5.41. The quantitative estimate of drug-likeness (QED) is 0.395. The molecule has 166 valence electrons. The van der Waals surface area contributed by atoms with Gasteiger partial charge >= 0.3 is 0 Å². The number of halogens is 2. The van der Waals surface area contributed by atoms with E-state index in [1.54, 1.807) is 12.1 Å². The molecule has 2 aromatic heterocycles. The maximum Gasteiger partial charge on any atom is 0.254 e. The topological polar surface area (TPSA) is 40.9 Å². The Kier molecular flexibility index (Phi) is 5.13. The molecule has 3 fully saturated rings. The van der Waals surface area contributed by atoms with E-state index in [-0.39, 0.29) is 18.0 Å². The number of nitrogens with zero attached hydrogens (tertiary/aromatic N) is 4. The molecule has 3 aliphatic rings. The summed E-state index contributed by atoms with van der Waals surface area (Å²) in [5.74, 6) is 0.0788. The second-order valence-corrected chi connectivity index (χ2v) is 9.68. The van der Waals surface area contributed by atoms with Gasteiger partial charge in [-0.3, -0.25) is 9.69 Å². The van der Waals surface area contributed by atoms with Gasteiger partial charge in [-0.25, -0.2) is 4.98 Å². The van der Waals surface area contributed by atoms with E-state index in [0.29, 0.717) is 15.6 Å². The lowest BCUT2D eigenvalue weighted by molar-refractivity contribution is -0.0503. The van der Waals surface area contributed by atoms with E-state index < -0.39 is 0 Å². The van der Waals surface area contributed by atoms with Crippen molar-refractivity contribution in [2.75, 3.05) is 13.1 Å². The monoisotopic (exact) mass is 476 g/mol. The van der Waals surface area contributed by atoms with Crippen molar-refractivity contribution in [2.24, 2.45) is 0 Å². The zero-order chi connectivity index (χ0) is 22.5. The Morgan fingerprint density at radius 2 is 1.73 bits per heavy atom. The second kappa shape index (κ2) is 8.17. The molecule has 3 aliphatic heterocycles. The Morgan fingerprint density at radius 1 is 0.939 bits per heavy atom. The number of hydrogen-bond donors (Lipinski definition) is 0. The van der Waals surface area contributed by atoms with Crippen LogP contribution in [-0.4, -0.2) is 50.3 Å². The fourth-order valence-corrected chi connectivity index (χ4v) is 5.49. The summed E-state index contributed by atoms with van der Waals surface area (Å²) in [6.07, 6.45) is 3.12. The molecule has 2 bridgehead atoms. The fraction of sp³-hybridized carbons (Fsp3) is 0.231. The van der Waals surface area contributed by atoms with E-state index in [4.69, 9.17) is 28.2 Å². The van der Waals surface area contributed by atoms with E-state index in [2.05, 4.69) is 15.5 Å². The number of rotatable bonds is 4. The summed E-state index contributed by atoms with van der Waals surface area (Å²) in [5.41, 5.74) is 4.78. The highest BCUT2D eigenvalue weighted by Crippen LogP contribution is 2.36. The molecule has 4 aromatic rings. The molecular weight excluding hydrogens is 455 g/mol. The van der Waals surface area contributed by atoms with E-state index in [1.807, 2.05) is 59.5 Å². The van der Waals surface area contributed by atoms with Gasteiger partial charge in [0.2, 0.25) is 0 Å². The number of fused-ring (bicyclic) bond motifs is 3. The molecule has 1 amide bonds. The molecule has 0 radical (unpaired) electrons. The summed E-state index contributed by atoms with van der Waals surface area (Å²) in [5, 5.41) is 1.31. The van der Waals surface area contributed by atoms with Gasteiger partial charge < -0.3 is 9.30 Å². The van der Waals surface area contributed by atoms with Crippen LogP contribution >= 0.6 is 23.2 Å². The lowest BCUT2D eigenvalue weighted by atomic mass is 9.86. The van der Waals surface area contributed by atoms with Crippen LogP contribution in [0, 0.1) is 0 Å². The van der Waals surface area contributed by atoms with Crippen LogP contribution in [0.25, 0.3) is 16.9 Å². The molecule has 0 saturated carbocycles. The van der Waals surface area contributed by atoms with Crippen LogP contribution in [0.2, 0.25) is 10.0 Å². The maximum atomic E-state index is 13.1. The van der Waals surface area contributed by atoms with Crippen LogP contribution in [-0.2, 0) is 6.54 Å². The summed E-state index contributed by atoms with van der Waals surface area (Å²) in [6, 6.07) is 21.6. The molecule has 3 saturated heterocycles. The van der Waals surface area contributed by atoms with E-state index >= 15 is 0 Å². The zero-order valence-electron chi connectivity index (χ0n) is 17.9. The molecule has 33 heavy (non-hydrogen) atoms. The Hall–Kier alpha value is -2.86. The highest BCUT2D eigenvalue weighted by molar-refractivity contribution is 6.31. The third-order valence-corrected chi connectivity index (χ3v) is 7.18. The minimum absolute atomic E-state index is 0.0788. The van der Waals surface area contributed by atoms with Crippen molar-refractivity contribution in [3.8, 4) is 11.3 Å². The molecule has 5 heterocycles. The minimum atomic E-state index is 0.0788. The first-order valence-corrected chi connectivity index (χ1v) is 11.8. The van der Waals surface area contributed by atoms with Crippen LogP contribution in [0.15, 0.2) is 72.9 Å². The van der Waals surface area contributed by atoms with Crippen molar-refractivity contribution in [1.29, 1.82) is 0 Å². The first kappa shape index (κ1) is 20.7. The van der Waals surface area contributed by atoms with E-state index in [1.165, 1.54) is 0 Å². The normalized spacial score (nSPS) is 20.1. The standard InChI is InChI=1S/C26H22Cl2N4O/c27-19-9-7-17(8-10-19)25-23(31-11-2-1-6-24(31)29-25)16-30-14-21-13-22(15-30)32(21)26(33)18-4-3-5-20(28)12-18/h1-12,21-22H,13-16H2. The summed E-state index contributed by atoms with van der Waals surface area (Å²) < 4.78 is 2.17. The average molecular weight is 477 g/mol. The SMILES string of the molecule is O=C(c1cccc(Cl)c1)N1C2CC1CN(Cc1c(-c3ccc(Cl)cc3)nc3ccccn13)C2. The van der Waals surface area contributed by atoms with Crippen molar-refractivity contribution < 1.29 is 4.79 Å². The van der Waals surface area contributed by atoms with E-state index in [0.717, 1.165) is 48.7 Å². The van der Waals surface area contributed by atoms with Gasteiger partial charge in [-0.15, -0.1) is 0 Å². The number of amides is 1.